The summed E-state index contributed by atoms with van der Waals surface area (Å²) in [6, 6.07) is 14.5. The van der Waals surface area contributed by atoms with Crippen LogP contribution in [-0.4, -0.2) is 89.1 Å². The normalized spacial score (nSPS) is 10.3. The Morgan fingerprint density at radius 2 is 1.33 bits per heavy atom. The number of nitrogen functional groups attached to an aromatic ring is 1. The smallest absolute Gasteiger partial charge is 0.332 e. The summed E-state index contributed by atoms with van der Waals surface area (Å²) in [5.41, 5.74) is 7.13. The minimum atomic E-state index is -1.08. The average Bonchev–Trinajstić information content (AvgIpc) is 3.80. The lowest BCUT2D eigenvalue weighted by Gasteiger charge is -2.16. The van der Waals surface area contributed by atoms with Gasteiger partial charge in [0.2, 0.25) is 5.91 Å². The molecule has 6 aromatic rings. The first-order valence-electron chi connectivity index (χ1n) is 17.1. The number of carboxylic acid groups (broad SMARTS) is 1. The van der Waals surface area contributed by atoms with Crippen LogP contribution >= 0.6 is 0 Å². The first-order valence-corrected chi connectivity index (χ1v) is 16.4. The standard InChI is InChI=1S/C17H18N6O5.C9H10N4O4.C8H12N2.CH3F.CH4/c1-20-15-14(16(26)21(2)17(20)27)23(9-18-15)8-13(25)19-11-5-4-6-12(7-11)22(3)28-10-24;1-11-7-6(8(16)12(2)9(11)17)13(4-10-7)3-5(14)15;1-10(2)8-5-3-4-7(9)6-8;1-2;/h4-7,9-10H,8H2,1-3H3,(H,19,25);4H,3H2,1-2H3,(H,14,15);3-6H,9H2,1-2H3;1H3;1H4/i;;;1D;. The molecule has 58 heavy (non-hydrogen) atoms. The van der Waals surface area contributed by atoms with E-state index in [1.54, 1.807) is 31.3 Å². The number of hydrogen-bond donors (Lipinski definition) is 3. The van der Waals surface area contributed by atoms with Crippen molar-refractivity contribution >= 4 is 63.4 Å². The van der Waals surface area contributed by atoms with Gasteiger partial charge in [0.1, 0.15) is 13.1 Å². The van der Waals surface area contributed by atoms with Crippen molar-refractivity contribution in [2.24, 2.45) is 28.2 Å². The number of aromatic nitrogens is 8. The molecule has 0 unspecified atom stereocenters. The fourth-order valence-corrected chi connectivity index (χ4v) is 5.24. The number of alkyl halides is 1. The molecule has 22 heteroatoms. The lowest BCUT2D eigenvalue weighted by molar-refractivity contribution is -0.137. The number of imidazole rings is 2. The first-order chi connectivity index (χ1) is 27.4. The second-order valence-corrected chi connectivity index (χ2v) is 12.2. The number of anilines is 4. The molecule has 0 bridgehead atoms. The quantitative estimate of drug-likeness (QED) is 0.103. The van der Waals surface area contributed by atoms with Crippen LogP contribution in [0.5, 0.6) is 0 Å². The van der Waals surface area contributed by atoms with Gasteiger partial charge in [0.25, 0.3) is 11.1 Å². The number of hydroxylamine groups is 1. The number of aliphatic carboxylic acids is 1. The van der Waals surface area contributed by atoms with E-state index in [2.05, 4.69) is 15.3 Å². The van der Waals surface area contributed by atoms with E-state index in [4.69, 9.17) is 17.0 Å². The van der Waals surface area contributed by atoms with Crippen molar-refractivity contribution in [1.82, 2.24) is 37.4 Å². The van der Waals surface area contributed by atoms with E-state index >= 15 is 0 Å². The molecule has 0 aliphatic heterocycles. The maximum atomic E-state index is 12.4. The van der Waals surface area contributed by atoms with Crippen LogP contribution in [0.4, 0.5) is 27.1 Å². The minimum Gasteiger partial charge on any atom is -0.480 e. The van der Waals surface area contributed by atoms with Gasteiger partial charge in [-0.3, -0.25) is 46.6 Å². The van der Waals surface area contributed by atoms with Gasteiger partial charge in [-0.15, -0.1) is 0 Å². The highest BCUT2D eigenvalue weighted by molar-refractivity contribution is 5.92. The molecule has 0 radical (unpaired) electrons. The summed E-state index contributed by atoms with van der Waals surface area (Å²) in [4.78, 5) is 96.1. The zero-order chi connectivity index (χ0) is 43.4. The van der Waals surface area contributed by atoms with E-state index in [0.29, 0.717) is 17.8 Å². The largest absolute Gasteiger partial charge is 0.480 e. The van der Waals surface area contributed by atoms with E-state index in [9.17, 15) is 38.0 Å². The molecule has 312 valence electrons. The van der Waals surface area contributed by atoms with E-state index in [1.165, 1.54) is 64.2 Å². The number of aryl methyl sites for hydroxylation is 2. The summed E-state index contributed by atoms with van der Waals surface area (Å²) in [6.07, 6.45) is 2.58. The number of benzene rings is 2. The zero-order valence-corrected chi connectivity index (χ0v) is 32.1. The summed E-state index contributed by atoms with van der Waals surface area (Å²) in [7, 11) is 10.2. The van der Waals surface area contributed by atoms with Gasteiger partial charge in [0, 0.05) is 66.4 Å². The molecular formula is C36H47FN12O9. The van der Waals surface area contributed by atoms with Crippen molar-refractivity contribution < 1.29 is 30.1 Å². The molecule has 0 spiro atoms. The fraction of sp³-hybridized carbons (Fsp3) is 0.306. The highest BCUT2D eigenvalue weighted by Gasteiger charge is 2.17. The van der Waals surface area contributed by atoms with Crippen molar-refractivity contribution in [3.05, 3.63) is 103 Å². The third kappa shape index (κ3) is 10.6. The van der Waals surface area contributed by atoms with Gasteiger partial charge in [-0.1, -0.05) is 19.6 Å². The number of carboxylic acids is 1. The predicted octanol–water partition coefficient (Wildman–Crippen LogP) is 0.672. The molecule has 0 atom stereocenters. The van der Waals surface area contributed by atoms with Gasteiger partial charge < -0.3 is 35.0 Å². The highest BCUT2D eigenvalue weighted by Crippen LogP contribution is 2.19. The number of nitrogens with one attached hydrogen (secondary N) is 1. The van der Waals surface area contributed by atoms with Gasteiger partial charge in [0.05, 0.1) is 26.9 Å². The number of carbonyl (C=O) groups is 3. The SMILES string of the molecule is C.CN(C)c1cccc(N)c1.CN(OC=O)c1cccc(NC(=O)Cn2cnc3c2c(=O)n(C)c(=O)n3C)c1.Cn1c(=O)c2c(ncn2CC(=O)O)n(C)c1=O.[2H]CF. The first kappa shape index (κ1) is 44.9. The molecule has 4 heterocycles. The molecule has 0 saturated carbocycles. The van der Waals surface area contributed by atoms with Crippen molar-refractivity contribution in [2.45, 2.75) is 20.5 Å². The van der Waals surface area contributed by atoms with Gasteiger partial charge in [0.15, 0.2) is 22.3 Å². The number of hydrogen-bond acceptors (Lipinski definition) is 13. The summed E-state index contributed by atoms with van der Waals surface area (Å²) in [5, 5.41) is 12.7. The third-order valence-corrected chi connectivity index (χ3v) is 8.14. The van der Waals surface area contributed by atoms with Crippen LogP contribution < -0.4 is 43.5 Å². The lowest BCUT2D eigenvalue weighted by Crippen LogP contribution is -2.37. The fourth-order valence-electron chi connectivity index (χ4n) is 5.24. The van der Waals surface area contributed by atoms with Crippen LogP contribution in [0.3, 0.4) is 0 Å². The van der Waals surface area contributed by atoms with Crippen molar-refractivity contribution in [3.8, 4) is 0 Å². The van der Waals surface area contributed by atoms with Gasteiger partial charge in [-0.25, -0.2) is 24.6 Å². The Morgan fingerprint density at radius 3 is 1.78 bits per heavy atom. The van der Waals surface area contributed by atoms with Gasteiger partial charge in [-0.05, 0) is 36.4 Å². The van der Waals surface area contributed by atoms with Crippen molar-refractivity contribution in [1.29, 1.82) is 0 Å². The molecule has 4 aromatic heterocycles. The number of nitrogens with zero attached hydrogens (tertiary/aromatic N) is 10. The van der Waals surface area contributed by atoms with Crippen LogP contribution in [0.2, 0.25) is 0 Å². The van der Waals surface area contributed by atoms with Crippen LogP contribution in [0.1, 0.15) is 8.80 Å². The Kier molecular flexibility index (Phi) is 15.8. The Labute approximate surface area is 331 Å². The number of amides is 1. The summed E-state index contributed by atoms with van der Waals surface area (Å²) >= 11 is 0. The molecule has 0 fully saturated rings. The highest BCUT2D eigenvalue weighted by atomic mass is 19.1. The topological polar surface area (TPSA) is 249 Å². The predicted molar refractivity (Wildman–Crippen MR) is 218 cm³/mol. The lowest BCUT2D eigenvalue weighted by atomic mass is 10.2. The third-order valence-electron chi connectivity index (χ3n) is 8.14. The van der Waals surface area contributed by atoms with E-state index in [-0.39, 0.29) is 42.8 Å². The Bertz CT molecular complexity index is 2660. The maximum Gasteiger partial charge on any atom is 0.332 e. The zero-order valence-electron chi connectivity index (χ0n) is 33.1. The monoisotopic (exact) mass is 811 g/mol. The van der Waals surface area contributed by atoms with Crippen LogP contribution in [0.15, 0.2) is 80.4 Å². The van der Waals surface area contributed by atoms with Gasteiger partial charge >= 0.3 is 23.8 Å². The van der Waals surface area contributed by atoms with Crippen LogP contribution in [0.25, 0.3) is 22.3 Å². The minimum absolute atomic E-state index is 0. The van der Waals surface area contributed by atoms with Crippen LogP contribution in [-0.2, 0) is 60.5 Å². The van der Waals surface area contributed by atoms with E-state index in [0.717, 1.165) is 20.5 Å². The number of rotatable bonds is 9. The van der Waals surface area contributed by atoms with Gasteiger partial charge in [-0.2, -0.15) is 0 Å². The second kappa shape index (κ2) is 20.4. The van der Waals surface area contributed by atoms with Crippen molar-refractivity contribution in [2.75, 3.05) is 49.3 Å². The van der Waals surface area contributed by atoms with E-state index in [1.807, 2.05) is 43.3 Å². The molecule has 2 aromatic carbocycles. The molecule has 21 nitrogen and oxygen atoms in total. The summed E-state index contributed by atoms with van der Waals surface area (Å²) in [5.74, 6) is -1.48. The molecule has 0 aliphatic rings. The van der Waals surface area contributed by atoms with Crippen LogP contribution in [0, 0.1) is 0 Å². The number of halogens is 1. The Balaban J connectivity index is 0.000000327. The molecule has 6 rings (SSSR count). The molecule has 0 saturated heterocycles. The number of fused-ring (bicyclic) bond motifs is 2. The molecule has 1 amide bonds. The average molecular weight is 812 g/mol. The summed E-state index contributed by atoms with van der Waals surface area (Å²) in [6.45, 7) is -0.248. The Morgan fingerprint density at radius 1 is 0.845 bits per heavy atom. The molecule has 4 N–H and O–H groups in total. The maximum absolute atomic E-state index is 12.4. The Hall–Kier alpha value is -7.52. The number of nitrogens with two attached hydrogens (primary N) is 1. The number of carbonyl (C=O) groups excluding carboxylic acids is 2. The summed E-state index contributed by atoms with van der Waals surface area (Å²) < 4.78 is 22.4. The van der Waals surface area contributed by atoms with E-state index < -0.39 is 41.5 Å². The molecular weight excluding hydrogens is 763 g/mol. The van der Waals surface area contributed by atoms with Crippen molar-refractivity contribution in [3.63, 3.8) is 0 Å². The second-order valence-electron chi connectivity index (χ2n) is 12.2. The molecule has 0 aliphatic carbocycles.